The number of carbonyl (C=O) groups is 3. The summed E-state index contributed by atoms with van der Waals surface area (Å²) in [6.45, 7) is 5.12. The number of nitrogens with zero attached hydrogens (tertiary/aromatic N) is 2. The van der Waals surface area contributed by atoms with Gasteiger partial charge in [-0.3, -0.25) is 14.4 Å². The summed E-state index contributed by atoms with van der Waals surface area (Å²) in [5.41, 5.74) is 2.14. The van der Waals surface area contributed by atoms with Crippen molar-refractivity contribution in [3.63, 3.8) is 0 Å². The second-order valence-corrected chi connectivity index (χ2v) is 10.8. The molecule has 3 amide bonds. The van der Waals surface area contributed by atoms with Crippen molar-refractivity contribution in [2.24, 2.45) is 5.92 Å². The van der Waals surface area contributed by atoms with Gasteiger partial charge in [0.25, 0.3) is 5.91 Å². The van der Waals surface area contributed by atoms with Crippen LogP contribution in [0, 0.1) is 5.92 Å². The summed E-state index contributed by atoms with van der Waals surface area (Å²) in [5.74, 6) is 0.835. The number of benzene rings is 2. The Kier molecular flexibility index (Phi) is 9.81. The molecule has 1 atom stereocenters. The number of hydrogen-bond acceptors (Lipinski definition) is 5. The fourth-order valence-corrected chi connectivity index (χ4v) is 4.88. The number of aromatic amines is 1. The highest BCUT2D eigenvalue weighted by Gasteiger charge is 2.22. The highest BCUT2D eigenvalue weighted by atomic mass is 35.5. The maximum atomic E-state index is 13.2. The number of halogens is 1. The van der Waals surface area contributed by atoms with Crippen molar-refractivity contribution in [3.05, 3.63) is 58.9 Å². The largest absolute Gasteiger partial charge is 0.491 e. The monoisotopic (exact) mass is 553 g/mol. The fraction of sp³-hybridized carbons (Fsp3) is 0.448. The van der Waals surface area contributed by atoms with E-state index >= 15 is 0 Å². The van der Waals surface area contributed by atoms with Crippen molar-refractivity contribution in [2.45, 2.75) is 52.0 Å². The number of rotatable bonds is 5. The quantitative estimate of drug-likeness (QED) is 0.439. The van der Waals surface area contributed by atoms with Gasteiger partial charge in [-0.1, -0.05) is 37.6 Å². The molecule has 1 aliphatic rings. The zero-order chi connectivity index (χ0) is 27.8. The van der Waals surface area contributed by atoms with Crippen molar-refractivity contribution in [1.29, 1.82) is 0 Å². The second-order valence-electron chi connectivity index (χ2n) is 10.3. The number of aryl methyl sites for hydroxylation is 1. The summed E-state index contributed by atoms with van der Waals surface area (Å²) in [6.07, 6.45) is 2.65. The third kappa shape index (κ3) is 8.20. The average molecular weight is 554 g/mol. The molecule has 208 valence electrons. The molecular weight excluding hydrogens is 518 g/mol. The normalized spacial score (nSPS) is 17.5. The molecule has 10 heteroatoms. The number of hydrogen-bond donors (Lipinski definition) is 3. The van der Waals surface area contributed by atoms with Crippen LogP contribution in [0.1, 0.15) is 55.7 Å². The van der Waals surface area contributed by atoms with E-state index in [1.54, 1.807) is 23.1 Å². The molecule has 1 aromatic heterocycles. The van der Waals surface area contributed by atoms with E-state index in [2.05, 4.69) is 34.4 Å². The average Bonchev–Trinajstić information content (AvgIpc) is 3.32. The Balaban J connectivity index is 1.46. The molecule has 2 heterocycles. The lowest BCUT2D eigenvalue weighted by Crippen LogP contribution is -2.46. The van der Waals surface area contributed by atoms with Crippen LogP contribution in [0.25, 0.3) is 11.0 Å². The van der Waals surface area contributed by atoms with Crippen LogP contribution in [0.4, 0.5) is 0 Å². The molecule has 9 nitrogen and oxygen atoms in total. The molecule has 4 rings (SSSR count). The van der Waals surface area contributed by atoms with Gasteiger partial charge in [0.1, 0.15) is 18.2 Å². The standard InChI is InChI=1S/C29H36ClN5O4/c1-19(2)15-21-18-39-25-10-9-20(30)16-22(25)29(38)31-13-5-6-14-35(17-27(36)32-21)28(37)12-11-26-33-23-7-3-4-8-24(23)34-26/h3-4,7-10,16,19,21H,5-6,11-15,17-18H2,1-2H3,(H,31,38)(H,32,36)(H,33,34)/t21-/m0/s1. The van der Waals surface area contributed by atoms with Gasteiger partial charge in [-0.2, -0.15) is 0 Å². The predicted molar refractivity (Wildman–Crippen MR) is 151 cm³/mol. The summed E-state index contributed by atoms with van der Waals surface area (Å²) in [5, 5.41) is 6.40. The molecular formula is C29H36ClN5O4. The van der Waals surface area contributed by atoms with Gasteiger partial charge >= 0.3 is 0 Å². The minimum Gasteiger partial charge on any atom is -0.491 e. The van der Waals surface area contributed by atoms with Gasteiger partial charge in [0, 0.05) is 31.0 Å². The first-order valence-electron chi connectivity index (χ1n) is 13.5. The molecule has 0 saturated carbocycles. The van der Waals surface area contributed by atoms with Gasteiger partial charge in [0.05, 0.1) is 29.2 Å². The number of aromatic nitrogens is 2. The number of amides is 3. The molecule has 3 aromatic rings. The molecule has 0 spiro atoms. The van der Waals surface area contributed by atoms with E-state index in [9.17, 15) is 14.4 Å². The summed E-state index contributed by atoms with van der Waals surface area (Å²) >= 11 is 6.15. The Hall–Kier alpha value is -3.59. The van der Waals surface area contributed by atoms with E-state index in [0.29, 0.717) is 61.0 Å². The van der Waals surface area contributed by atoms with Gasteiger partial charge in [0.15, 0.2) is 0 Å². The van der Waals surface area contributed by atoms with E-state index in [4.69, 9.17) is 16.3 Å². The fourth-order valence-electron chi connectivity index (χ4n) is 4.70. The van der Waals surface area contributed by atoms with Crippen LogP contribution in [0.3, 0.4) is 0 Å². The second kappa shape index (κ2) is 13.5. The van der Waals surface area contributed by atoms with E-state index in [0.717, 1.165) is 16.9 Å². The molecule has 1 aliphatic heterocycles. The number of nitrogens with one attached hydrogen (secondary N) is 3. The summed E-state index contributed by atoms with van der Waals surface area (Å²) < 4.78 is 6.01. The third-order valence-electron chi connectivity index (χ3n) is 6.59. The van der Waals surface area contributed by atoms with Crippen LogP contribution < -0.4 is 15.4 Å². The zero-order valence-electron chi connectivity index (χ0n) is 22.5. The maximum absolute atomic E-state index is 13.2. The highest BCUT2D eigenvalue weighted by molar-refractivity contribution is 6.31. The van der Waals surface area contributed by atoms with Crippen LogP contribution in [0.5, 0.6) is 5.75 Å². The van der Waals surface area contributed by atoms with Gasteiger partial charge in [0.2, 0.25) is 11.8 Å². The molecule has 0 saturated heterocycles. The SMILES string of the molecule is CC(C)C[C@H]1COc2ccc(Cl)cc2C(=O)NCCCCN(C(=O)CCc2nc3ccccc3[nH]2)CC(=O)N1. The lowest BCUT2D eigenvalue weighted by atomic mass is 10.0. The Bertz CT molecular complexity index is 1270. The maximum Gasteiger partial charge on any atom is 0.255 e. The number of fused-ring (bicyclic) bond motifs is 2. The number of H-pyrrole nitrogens is 1. The van der Waals surface area contributed by atoms with E-state index in [1.165, 1.54) is 0 Å². The summed E-state index contributed by atoms with van der Waals surface area (Å²) in [7, 11) is 0. The Labute approximate surface area is 233 Å². The van der Waals surface area contributed by atoms with Crippen LogP contribution >= 0.6 is 11.6 Å². The van der Waals surface area contributed by atoms with E-state index in [-0.39, 0.29) is 43.3 Å². The van der Waals surface area contributed by atoms with Gasteiger partial charge in [-0.15, -0.1) is 0 Å². The first-order valence-corrected chi connectivity index (χ1v) is 13.9. The first-order chi connectivity index (χ1) is 18.8. The Morgan fingerprint density at radius 2 is 2.00 bits per heavy atom. The van der Waals surface area contributed by atoms with Crippen LogP contribution in [0.15, 0.2) is 42.5 Å². The molecule has 0 fully saturated rings. The lowest BCUT2D eigenvalue weighted by Gasteiger charge is -2.25. The zero-order valence-corrected chi connectivity index (χ0v) is 23.2. The van der Waals surface area contributed by atoms with Gasteiger partial charge in [-0.05, 0) is 55.5 Å². The molecule has 3 N–H and O–H groups in total. The van der Waals surface area contributed by atoms with Crippen LogP contribution in [0.2, 0.25) is 5.02 Å². The summed E-state index contributed by atoms with van der Waals surface area (Å²) in [4.78, 5) is 48.6. The number of imidazole rings is 1. The van der Waals surface area contributed by atoms with Crippen LogP contribution in [-0.2, 0) is 16.0 Å². The van der Waals surface area contributed by atoms with E-state index in [1.807, 2.05) is 24.3 Å². The van der Waals surface area contributed by atoms with Gasteiger partial charge < -0.3 is 25.3 Å². The highest BCUT2D eigenvalue weighted by Crippen LogP contribution is 2.24. The summed E-state index contributed by atoms with van der Waals surface area (Å²) in [6, 6.07) is 12.4. The molecule has 0 unspecified atom stereocenters. The predicted octanol–water partition coefficient (Wildman–Crippen LogP) is 4.11. The van der Waals surface area contributed by atoms with Crippen molar-refractivity contribution < 1.29 is 19.1 Å². The molecule has 0 radical (unpaired) electrons. The van der Waals surface area contributed by atoms with Crippen molar-refractivity contribution in [1.82, 2.24) is 25.5 Å². The van der Waals surface area contributed by atoms with Crippen molar-refractivity contribution in [3.8, 4) is 5.75 Å². The van der Waals surface area contributed by atoms with Crippen molar-refractivity contribution in [2.75, 3.05) is 26.2 Å². The molecule has 2 aromatic carbocycles. The lowest BCUT2D eigenvalue weighted by molar-refractivity contribution is -0.136. The topological polar surface area (TPSA) is 116 Å². The Morgan fingerprint density at radius 3 is 2.79 bits per heavy atom. The molecule has 0 aliphatic carbocycles. The smallest absolute Gasteiger partial charge is 0.255 e. The molecule has 39 heavy (non-hydrogen) atoms. The number of carbonyl (C=O) groups excluding carboxylic acids is 3. The van der Waals surface area contributed by atoms with Crippen molar-refractivity contribution >= 4 is 40.4 Å². The number of para-hydroxylation sites is 2. The van der Waals surface area contributed by atoms with E-state index < -0.39 is 0 Å². The van der Waals surface area contributed by atoms with Crippen LogP contribution in [-0.4, -0.2) is 64.9 Å². The Morgan fingerprint density at radius 1 is 1.18 bits per heavy atom. The van der Waals surface area contributed by atoms with Gasteiger partial charge in [-0.25, -0.2) is 4.98 Å². The first kappa shape index (κ1) is 28.4. The minimum atomic E-state index is -0.290. The minimum absolute atomic E-state index is 0.0356. The third-order valence-corrected chi connectivity index (χ3v) is 6.82. The number of ether oxygens (including phenoxy) is 1. The molecule has 0 bridgehead atoms.